The van der Waals surface area contributed by atoms with E-state index in [4.69, 9.17) is 0 Å². The molecular formula is C20H33F2IN4O. The van der Waals surface area contributed by atoms with Crippen LogP contribution in [0.25, 0.3) is 0 Å². The maximum atomic E-state index is 12.5. The Labute approximate surface area is 184 Å². The van der Waals surface area contributed by atoms with E-state index in [2.05, 4.69) is 25.3 Å². The topological polar surface area (TPSA) is 48.9 Å². The van der Waals surface area contributed by atoms with Crippen molar-refractivity contribution in [2.24, 2.45) is 4.99 Å². The van der Waals surface area contributed by atoms with Crippen LogP contribution in [0.5, 0.6) is 5.75 Å². The normalized spacial score (nSPS) is 15.2. The quantitative estimate of drug-likeness (QED) is 0.214. The van der Waals surface area contributed by atoms with Gasteiger partial charge in [-0.15, -0.1) is 24.0 Å². The van der Waals surface area contributed by atoms with Crippen molar-refractivity contribution in [2.75, 3.05) is 33.2 Å². The highest BCUT2D eigenvalue weighted by molar-refractivity contribution is 14.0. The molecule has 0 aliphatic carbocycles. The Bertz CT molecular complexity index is 569. The number of halogens is 3. The molecule has 0 unspecified atom stereocenters. The highest BCUT2D eigenvalue weighted by Crippen LogP contribution is 2.19. The number of benzene rings is 1. The number of piperidine rings is 1. The summed E-state index contributed by atoms with van der Waals surface area (Å²) >= 11 is 0. The molecule has 1 aliphatic heterocycles. The minimum absolute atomic E-state index is 0. The van der Waals surface area contributed by atoms with E-state index in [0.717, 1.165) is 13.0 Å². The molecule has 0 bridgehead atoms. The molecule has 0 spiro atoms. The molecule has 0 amide bonds. The highest BCUT2D eigenvalue weighted by Gasteiger charge is 2.10. The standard InChI is InChI=1S/C20H32F2N4O.HI/c1-23-20(24-12-6-2-7-13-26-14-8-3-9-15-26)25-16-17-10-4-5-11-18(17)27-19(21)22;/h4-5,10-11,19H,2-3,6-9,12-16H2,1H3,(H2,23,24,25);1H. The van der Waals surface area contributed by atoms with Gasteiger partial charge in [-0.25, -0.2) is 0 Å². The van der Waals surface area contributed by atoms with Crippen LogP contribution < -0.4 is 15.4 Å². The largest absolute Gasteiger partial charge is 0.434 e. The van der Waals surface area contributed by atoms with Crippen LogP contribution in [-0.4, -0.2) is 50.7 Å². The molecule has 2 rings (SSSR count). The molecule has 0 saturated carbocycles. The number of hydrogen-bond donors (Lipinski definition) is 2. The number of guanidine groups is 1. The summed E-state index contributed by atoms with van der Waals surface area (Å²) in [6.45, 7) is 2.10. The minimum Gasteiger partial charge on any atom is -0.434 e. The van der Waals surface area contributed by atoms with Crippen molar-refractivity contribution in [1.29, 1.82) is 0 Å². The summed E-state index contributed by atoms with van der Waals surface area (Å²) in [7, 11) is 1.70. The average Bonchev–Trinajstić information content (AvgIpc) is 2.68. The summed E-state index contributed by atoms with van der Waals surface area (Å²) in [4.78, 5) is 6.75. The van der Waals surface area contributed by atoms with Crippen molar-refractivity contribution in [3.63, 3.8) is 0 Å². The lowest BCUT2D eigenvalue weighted by Gasteiger charge is -2.26. The molecule has 1 aromatic carbocycles. The Morgan fingerprint density at radius 3 is 2.57 bits per heavy atom. The highest BCUT2D eigenvalue weighted by atomic mass is 127. The van der Waals surface area contributed by atoms with E-state index < -0.39 is 6.61 Å². The predicted octanol–water partition coefficient (Wildman–Crippen LogP) is 4.23. The van der Waals surface area contributed by atoms with Gasteiger partial charge in [0.1, 0.15) is 5.75 Å². The first kappa shape index (κ1) is 24.9. The smallest absolute Gasteiger partial charge is 0.387 e. The molecule has 8 heteroatoms. The molecule has 1 aromatic rings. The number of likely N-dealkylation sites (tertiary alicyclic amines) is 1. The molecule has 0 atom stereocenters. The van der Waals surface area contributed by atoms with Gasteiger partial charge < -0.3 is 20.3 Å². The van der Waals surface area contributed by atoms with Crippen LogP contribution >= 0.6 is 24.0 Å². The number of para-hydroxylation sites is 1. The fraction of sp³-hybridized carbons (Fsp3) is 0.650. The van der Waals surface area contributed by atoms with Crippen LogP contribution in [0.1, 0.15) is 44.1 Å². The summed E-state index contributed by atoms with van der Waals surface area (Å²) in [5, 5.41) is 6.42. The molecule has 1 fully saturated rings. The van der Waals surface area contributed by atoms with Gasteiger partial charge in [-0.1, -0.05) is 31.0 Å². The molecule has 160 valence electrons. The van der Waals surface area contributed by atoms with E-state index in [0.29, 0.717) is 18.1 Å². The minimum atomic E-state index is -2.83. The Morgan fingerprint density at radius 2 is 1.86 bits per heavy atom. The van der Waals surface area contributed by atoms with Crippen LogP contribution in [0.2, 0.25) is 0 Å². The van der Waals surface area contributed by atoms with Gasteiger partial charge in [0.25, 0.3) is 0 Å². The van der Waals surface area contributed by atoms with E-state index in [1.54, 1.807) is 31.3 Å². The molecule has 1 saturated heterocycles. The van der Waals surface area contributed by atoms with E-state index >= 15 is 0 Å². The number of aliphatic imine (C=N–C) groups is 1. The van der Waals surface area contributed by atoms with E-state index in [-0.39, 0.29) is 29.7 Å². The SMILES string of the molecule is CN=C(NCCCCCN1CCCCC1)NCc1ccccc1OC(F)F.I. The Morgan fingerprint density at radius 1 is 1.11 bits per heavy atom. The van der Waals surface area contributed by atoms with Crippen LogP contribution in [0.4, 0.5) is 8.78 Å². The van der Waals surface area contributed by atoms with Gasteiger partial charge in [0.2, 0.25) is 0 Å². The lowest BCUT2D eigenvalue weighted by molar-refractivity contribution is -0.0504. The third-order valence-electron chi connectivity index (χ3n) is 4.75. The molecule has 28 heavy (non-hydrogen) atoms. The van der Waals surface area contributed by atoms with Gasteiger partial charge in [-0.3, -0.25) is 4.99 Å². The fourth-order valence-corrected chi connectivity index (χ4v) is 3.29. The number of ether oxygens (including phenoxy) is 1. The van der Waals surface area contributed by atoms with Crippen LogP contribution in [0, 0.1) is 0 Å². The summed E-state index contributed by atoms with van der Waals surface area (Å²) in [6, 6.07) is 6.78. The zero-order valence-corrected chi connectivity index (χ0v) is 19.0. The molecule has 5 nitrogen and oxygen atoms in total. The number of nitrogens with zero attached hydrogens (tertiary/aromatic N) is 2. The van der Waals surface area contributed by atoms with Crippen molar-refractivity contribution in [1.82, 2.24) is 15.5 Å². The lowest BCUT2D eigenvalue weighted by Crippen LogP contribution is -2.37. The van der Waals surface area contributed by atoms with Gasteiger partial charge in [0.05, 0.1) is 0 Å². The summed E-state index contributed by atoms with van der Waals surface area (Å²) < 4.78 is 29.5. The Hall–Kier alpha value is -1.16. The number of hydrogen-bond acceptors (Lipinski definition) is 3. The van der Waals surface area contributed by atoms with E-state index in [1.807, 2.05) is 0 Å². The third kappa shape index (κ3) is 9.86. The summed E-state index contributed by atoms with van der Waals surface area (Å²) in [6.07, 6.45) is 7.56. The zero-order chi connectivity index (χ0) is 19.3. The Balaban J connectivity index is 0.00000392. The first-order valence-electron chi connectivity index (χ1n) is 9.88. The third-order valence-corrected chi connectivity index (χ3v) is 4.75. The van der Waals surface area contributed by atoms with Crippen molar-refractivity contribution in [3.05, 3.63) is 29.8 Å². The molecular weight excluding hydrogens is 477 g/mol. The maximum Gasteiger partial charge on any atom is 0.387 e. The number of unbranched alkanes of at least 4 members (excludes halogenated alkanes) is 2. The maximum absolute atomic E-state index is 12.5. The molecule has 0 radical (unpaired) electrons. The molecule has 1 aliphatic rings. The van der Waals surface area contributed by atoms with E-state index in [1.165, 1.54) is 51.7 Å². The van der Waals surface area contributed by atoms with Gasteiger partial charge >= 0.3 is 6.61 Å². The zero-order valence-electron chi connectivity index (χ0n) is 16.6. The molecule has 0 aromatic heterocycles. The first-order chi connectivity index (χ1) is 13.2. The Kier molecular flexibility index (Phi) is 13.1. The average molecular weight is 510 g/mol. The van der Waals surface area contributed by atoms with Crippen molar-refractivity contribution >= 4 is 29.9 Å². The molecule has 1 heterocycles. The predicted molar refractivity (Wildman–Crippen MR) is 121 cm³/mol. The fourth-order valence-electron chi connectivity index (χ4n) is 3.29. The molecule has 2 N–H and O–H groups in total. The second-order valence-electron chi connectivity index (χ2n) is 6.80. The monoisotopic (exact) mass is 510 g/mol. The van der Waals surface area contributed by atoms with Gasteiger partial charge in [0, 0.05) is 25.7 Å². The number of alkyl halides is 2. The van der Waals surface area contributed by atoms with Crippen molar-refractivity contribution in [2.45, 2.75) is 51.7 Å². The van der Waals surface area contributed by atoms with Crippen molar-refractivity contribution < 1.29 is 13.5 Å². The van der Waals surface area contributed by atoms with Gasteiger partial charge in [-0.2, -0.15) is 8.78 Å². The lowest BCUT2D eigenvalue weighted by atomic mass is 10.1. The number of nitrogens with one attached hydrogen (secondary N) is 2. The number of rotatable bonds is 10. The van der Waals surface area contributed by atoms with E-state index in [9.17, 15) is 8.78 Å². The van der Waals surface area contributed by atoms with Crippen molar-refractivity contribution in [3.8, 4) is 5.75 Å². The van der Waals surface area contributed by atoms with Gasteiger partial charge in [0.15, 0.2) is 5.96 Å². The second-order valence-corrected chi connectivity index (χ2v) is 6.80. The summed E-state index contributed by atoms with van der Waals surface area (Å²) in [5.41, 5.74) is 0.669. The van der Waals surface area contributed by atoms with Crippen LogP contribution in [0.3, 0.4) is 0 Å². The second kappa shape index (κ2) is 14.8. The van der Waals surface area contributed by atoms with Crippen LogP contribution in [-0.2, 0) is 6.54 Å². The first-order valence-corrected chi connectivity index (χ1v) is 9.88. The van der Waals surface area contributed by atoms with Gasteiger partial charge in [-0.05, 0) is 51.4 Å². The van der Waals surface area contributed by atoms with Crippen LogP contribution in [0.15, 0.2) is 29.3 Å². The summed E-state index contributed by atoms with van der Waals surface area (Å²) in [5.74, 6) is 0.853.